The summed E-state index contributed by atoms with van der Waals surface area (Å²) >= 11 is 0. The van der Waals surface area contributed by atoms with E-state index in [1.807, 2.05) is 0 Å². The van der Waals surface area contributed by atoms with Crippen LogP contribution in [0.15, 0.2) is 59.9 Å². The van der Waals surface area contributed by atoms with Gasteiger partial charge in [-0.05, 0) is 29.8 Å². The quantitative estimate of drug-likeness (QED) is 0.666. The van der Waals surface area contributed by atoms with Crippen LogP contribution in [-0.4, -0.2) is 31.1 Å². The molecule has 3 rings (SSSR count). The number of nitrogens with zero attached hydrogens (tertiary/aromatic N) is 2. The van der Waals surface area contributed by atoms with Gasteiger partial charge in [0, 0.05) is 43.4 Å². The van der Waals surface area contributed by atoms with E-state index in [1.165, 1.54) is 50.0 Å². The van der Waals surface area contributed by atoms with E-state index in [-0.39, 0.29) is 29.3 Å². The first-order valence-electron chi connectivity index (χ1n) is 8.32. The number of halogens is 1. The molecule has 28 heavy (non-hydrogen) atoms. The van der Waals surface area contributed by atoms with E-state index in [9.17, 15) is 12.8 Å². The van der Waals surface area contributed by atoms with Crippen LogP contribution in [0.2, 0.25) is 0 Å². The molecule has 1 aromatic carbocycles. The number of ether oxygens (including phenoxy) is 1. The number of hydrogen-bond acceptors (Lipinski definition) is 5. The number of hydrogen-bond donors (Lipinski definition) is 1. The Bertz CT molecular complexity index is 1160. The van der Waals surface area contributed by atoms with Crippen molar-refractivity contribution in [2.75, 3.05) is 13.7 Å². The lowest BCUT2D eigenvalue weighted by Gasteiger charge is -2.11. The Kier molecular flexibility index (Phi) is 5.90. The lowest BCUT2D eigenvalue weighted by molar-refractivity contribution is 0.240. The first-order valence-corrected chi connectivity index (χ1v) is 9.76. The molecule has 0 fully saturated rings. The van der Waals surface area contributed by atoms with E-state index in [0.29, 0.717) is 11.1 Å². The van der Waals surface area contributed by atoms with Crippen molar-refractivity contribution in [2.24, 2.45) is 5.73 Å². The zero-order valence-corrected chi connectivity index (χ0v) is 15.9. The molecule has 2 N–H and O–H groups in total. The van der Waals surface area contributed by atoms with Crippen LogP contribution in [0.4, 0.5) is 4.39 Å². The van der Waals surface area contributed by atoms with E-state index >= 15 is 0 Å². The summed E-state index contributed by atoms with van der Waals surface area (Å²) in [5.74, 6) is 5.01. The number of rotatable bonds is 5. The van der Waals surface area contributed by atoms with Crippen LogP contribution >= 0.6 is 0 Å². The summed E-state index contributed by atoms with van der Waals surface area (Å²) in [4.78, 5) is 3.91. The van der Waals surface area contributed by atoms with Crippen molar-refractivity contribution in [2.45, 2.75) is 11.4 Å². The minimum atomic E-state index is -4.04. The SMILES string of the molecule is COCC#Cc1cncc(S(=O)(=O)n2cc(CN)cc2-c2ccccc2F)c1. The van der Waals surface area contributed by atoms with E-state index in [2.05, 4.69) is 16.8 Å². The van der Waals surface area contributed by atoms with Crippen LogP contribution in [-0.2, 0) is 21.3 Å². The Hall–Kier alpha value is -2.99. The topological polar surface area (TPSA) is 87.2 Å². The van der Waals surface area contributed by atoms with Crippen LogP contribution < -0.4 is 5.73 Å². The van der Waals surface area contributed by atoms with Gasteiger partial charge in [-0.15, -0.1) is 0 Å². The number of pyridine rings is 1. The highest BCUT2D eigenvalue weighted by atomic mass is 32.2. The van der Waals surface area contributed by atoms with Gasteiger partial charge in [-0.25, -0.2) is 16.8 Å². The van der Waals surface area contributed by atoms with E-state index in [1.54, 1.807) is 12.1 Å². The van der Waals surface area contributed by atoms with E-state index in [4.69, 9.17) is 10.5 Å². The second-order valence-corrected chi connectivity index (χ2v) is 7.68. The van der Waals surface area contributed by atoms with Gasteiger partial charge < -0.3 is 10.5 Å². The number of nitrogens with two attached hydrogens (primary N) is 1. The van der Waals surface area contributed by atoms with Crippen LogP contribution in [0.3, 0.4) is 0 Å². The monoisotopic (exact) mass is 399 g/mol. The van der Waals surface area contributed by atoms with Crippen LogP contribution in [0.25, 0.3) is 11.3 Å². The Balaban J connectivity index is 2.13. The first-order chi connectivity index (χ1) is 13.5. The predicted octanol–water partition coefficient (Wildman–Crippen LogP) is 2.38. The molecule has 6 nitrogen and oxygen atoms in total. The highest BCUT2D eigenvalue weighted by Gasteiger charge is 2.23. The van der Waals surface area contributed by atoms with Gasteiger partial charge in [-0.3, -0.25) is 4.98 Å². The van der Waals surface area contributed by atoms with Crippen LogP contribution in [0, 0.1) is 17.7 Å². The van der Waals surface area contributed by atoms with Gasteiger partial charge >= 0.3 is 0 Å². The number of methoxy groups -OCH3 is 1. The maximum Gasteiger partial charge on any atom is 0.269 e. The summed E-state index contributed by atoms with van der Waals surface area (Å²) in [5, 5.41) is 0. The van der Waals surface area contributed by atoms with Crippen molar-refractivity contribution in [1.82, 2.24) is 8.96 Å². The third kappa shape index (κ3) is 3.97. The number of aromatic nitrogens is 2. The summed E-state index contributed by atoms with van der Waals surface area (Å²) in [5.41, 5.74) is 7.02. The maximum absolute atomic E-state index is 14.3. The Morgan fingerprint density at radius 2 is 2.04 bits per heavy atom. The second-order valence-electron chi connectivity index (χ2n) is 5.86. The third-order valence-corrected chi connectivity index (χ3v) is 5.59. The highest BCUT2D eigenvalue weighted by Crippen LogP contribution is 2.29. The average Bonchev–Trinajstić information content (AvgIpc) is 3.14. The molecule has 0 aliphatic rings. The van der Waals surface area contributed by atoms with Gasteiger partial charge in [-0.1, -0.05) is 24.0 Å². The van der Waals surface area contributed by atoms with Gasteiger partial charge in [0.15, 0.2) is 0 Å². The normalized spacial score (nSPS) is 11.1. The first kappa shape index (κ1) is 19.8. The fraction of sp³-hybridized carbons (Fsp3) is 0.150. The molecule has 0 aliphatic heterocycles. The molecule has 144 valence electrons. The Morgan fingerprint density at radius 3 is 2.75 bits per heavy atom. The molecule has 0 bridgehead atoms. The summed E-state index contributed by atoms with van der Waals surface area (Å²) in [6.45, 7) is 0.330. The van der Waals surface area contributed by atoms with Crippen molar-refractivity contribution in [3.8, 4) is 23.1 Å². The molecular formula is C20H18FN3O3S. The molecule has 8 heteroatoms. The number of benzene rings is 1. The van der Waals surface area contributed by atoms with Gasteiger partial charge in [0.2, 0.25) is 0 Å². The summed E-state index contributed by atoms with van der Waals surface area (Å²) < 4.78 is 46.7. The third-order valence-electron chi connectivity index (χ3n) is 3.95. The molecule has 0 radical (unpaired) electrons. The molecule has 2 heterocycles. The van der Waals surface area contributed by atoms with Crippen LogP contribution in [0.1, 0.15) is 11.1 Å². The molecule has 0 spiro atoms. The summed E-state index contributed by atoms with van der Waals surface area (Å²) in [6.07, 6.45) is 4.07. The second kappa shape index (κ2) is 8.35. The van der Waals surface area contributed by atoms with Gasteiger partial charge in [-0.2, -0.15) is 0 Å². The summed E-state index contributed by atoms with van der Waals surface area (Å²) in [6, 6.07) is 8.94. The van der Waals surface area contributed by atoms with Crippen molar-refractivity contribution in [3.05, 3.63) is 71.9 Å². The molecular weight excluding hydrogens is 381 g/mol. The molecule has 0 atom stereocenters. The van der Waals surface area contributed by atoms with Crippen molar-refractivity contribution in [3.63, 3.8) is 0 Å². The zero-order chi connectivity index (χ0) is 20.1. The standard InChI is InChI=1S/C20H18FN3O3S/c1-27-8-4-5-15-9-17(13-23-12-15)28(25,26)24-14-16(11-22)10-20(24)18-6-2-3-7-19(18)21/h2-3,6-7,9-10,12-14H,8,11,22H2,1H3. The summed E-state index contributed by atoms with van der Waals surface area (Å²) in [7, 11) is -2.53. The molecule has 0 aliphatic carbocycles. The molecule has 3 aromatic rings. The predicted molar refractivity (Wildman–Crippen MR) is 103 cm³/mol. The fourth-order valence-electron chi connectivity index (χ4n) is 2.62. The fourth-order valence-corrected chi connectivity index (χ4v) is 4.01. The maximum atomic E-state index is 14.3. The molecule has 0 saturated carbocycles. The molecule has 0 unspecified atom stereocenters. The minimum Gasteiger partial charge on any atom is -0.372 e. The molecule has 0 amide bonds. The minimum absolute atomic E-state index is 0.0616. The average molecular weight is 399 g/mol. The van der Waals surface area contributed by atoms with Crippen LogP contribution in [0.5, 0.6) is 0 Å². The lowest BCUT2D eigenvalue weighted by Crippen LogP contribution is -2.14. The zero-order valence-electron chi connectivity index (χ0n) is 15.1. The Morgan fingerprint density at radius 1 is 1.25 bits per heavy atom. The molecule has 2 aromatic heterocycles. The van der Waals surface area contributed by atoms with Crippen molar-refractivity contribution >= 4 is 10.0 Å². The van der Waals surface area contributed by atoms with Gasteiger partial charge in [0.1, 0.15) is 17.3 Å². The lowest BCUT2D eigenvalue weighted by atomic mass is 10.1. The molecule has 0 saturated heterocycles. The van der Waals surface area contributed by atoms with Crippen molar-refractivity contribution < 1.29 is 17.5 Å². The Labute approximate surface area is 162 Å². The largest absolute Gasteiger partial charge is 0.372 e. The van der Waals surface area contributed by atoms with Gasteiger partial charge in [0.25, 0.3) is 10.0 Å². The van der Waals surface area contributed by atoms with E-state index < -0.39 is 15.8 Å². The highest BCUT2D eigenvalue weighted by molar-refractivity contribution is 7.90. The van der Waals surface area contributed by atoms with Crippen molar-refractivity contribution in [1.29, 1.82) is 0 Å². The smallest absolute Gasteiger partial charge is 0.269 e. The van der Waals surface area contributed by atoms with Gasteiger partial charge in [0.05, 0.1) is 5.69 Å². The van der Waals surface area contributed by atoms with E-state index in [0.717, 1.165) is 3.97 Å².